The summed E-state index contributed by atoms with van der Waals surface area (Å²) in [6.07, 6.45) is 10.2. The second kappa shape index (κ2) is 6.97. The van der Waals surface area contributed by atoms with Gasteiger partial charge >= 0.3 is 213 Å². The Hall–Kier alpha value is -2.60. The number of hydrogen-bond donors (Lipinski definition) is 0. The second-order valence-corrected chi connectivity index (χ2v) is 16.7. The van der Waals surface area contributed by atoms with Crippen molar-refractivity contribution in [1.82, 2.24) is 0 Å². The molecule has 0 amide bonds. The van der Waals surface area contributed by atoms with Crippen molar-refractivity contribution in [1.29, 1.82) is 0 Å². The van der Waals surface area contributed by atoms with Crippen LogP contribution >= 0.6 is 0 Å². The van der Waals surface area contributed by atoms with Gasteiger partial charge in [0.05, 0.1) is 0 Å². The van der Waals surface area contributed by atoms with E-state index in [9.17, 15) is 0 Å². The Balaban J connectivity index is 1.32. The van der Waals surface area contributed by atoms with Crippen LogP contribution in [0, 0.1) is 0 Å². The summed E-state index contributed by atoms with van der Waals surface area (Å²) in [6, 6.07) is 37.0. The Morgan fingerprint density at radius 1 is 0.412 bits per heavy atom. The van der Waals surface area contributed by atoms with Crippen LogP contribution in [0.1, 0.15) is 56.3 Å². The van der Waals surface area contributed by atoms with Crippen molar-refractivity contribution in [3.05, 3.63) is 166 Å². The molecule has 0 N–H and O–H groups in total. The maximum atomic E-state index is 2.58. The van der Waals surface area contributed by atoms with Crippen LogP contribution in [-0.4, -0.2) is 26.3 Å². The second-order valence-electron chi connectivity index (χ2n) is 9.66. The van der Waals surface area contributed by atoms with E-state index in [0.29, 0.717) is 38.1 Å². The standard InChI is InChI=1S/C32H22Se2/c1-5-13-27-23(9-1)21-17-19-31(27,28-14-6-2-10-24(21)28)33-34-32-20-18-22(25-11-3-7-15-29(25)32)26-12-4-8-16-30(26)32/h1-22H. The zero-order chi connectivity index (χ0) is 22.3. The molecule has 34 heavy (non-hydrogen) atoms. The molecule has 4 bridgehead atoms. The molecule has 4 aromatic rings. The molecule has 0 saturated heterocycles. The van der Waals surface area contributed by atoms with Gasteiger partial charge in [-0.2, -0.15) is 0 Å². The minimum atomic E-state index is 0.0235. The molecule has 0 radical (unpaired) electrons. The molecule has 2 heteroatoms. The van der Waals surface area contributed by atoms with Crippen LogP contribution in [0.5, 0.6) is 0 Å². The first-order valence-corrected chi connectivity index (χ1v) is 18.0. The average molecular weight is 564 g/mol. The third kappa shape index (κ3) is 2.35. The first kappa shape index (κ1) is 19.7. The molecule has 0 nitrogen and oxygen atoms in total. The molecular formula is C32H22Se2. The number of hydrogen-bond acceptors (Lipinski definition) is 0. The molecule has 0 saturated carbocycles. The van der Waals surface area contributed by atoms with Gasteiger partial charge in [0.2, 0.25) is 0 Å². The third-order valence-electron chi connectivity index (χ3n) is 8.14. The van der Waals surface area contributed by atoms with Crippen LogP contribution in [0.4, 0.5) is 0 Å². The number of allylic oxidation sites excluding steroid dienone is 4. The Kier molecular flexibility index (Phi) is 4.03. The molecule has 162 valence electrons. The summed E-state index contributed by atoms with van der Waals surface area (Å²) in [5.41, 5.74) is 12.3. The van der Waals surface area contributed by atoms with Crippen LogP contribution in [0.25, 0.3) is 0 Å². The van der Waals surface area contributed by atoms with E-state index in [-0.39, 0.29) is 8.63 Å². The fraction of sp³-hybridized carbons (Fsp3) is 0.125. The van der Waals surface area contributed by atoms with Crippen LogP contribution in [-0.2, 0) is 8.63 Å². The van der Waals surface area contributed by atoms with Gasteiger partial charge in [-0.3, -0.25) is 0 Å². The summed E-state index contributed by atoms with van der Waals surface area (Å²) >= 11 is 0.756. The summed E-state index contributed by atoms with van der Waals surface area (Å²) < 4.78 is 0.0470. The molecular weight excluding hydrogens is 542 g/mol. The maximum absolute atomic E-state index is 2.58. The monoisotopic (exact) mass is 566 g/mol. The topological polar surface area (TPSA) is 0 Å². The quantitative estimate of drug-likeness (QED) is 0.205. The van der Waals surface area contributed by atoms with Crippen molar-refractivity contribution in [3.63, 3.8) is 0 Å². The van der Waals surface area contributed by atoms with Crippen molar-refractivity contribution in [2.24, 2.45) is 0 Å². The van der Waals surface area contributed by atoms with Crippen molar-refractivity contribution < 1.29 is 0 Å². The van der Waals surface area contributed by atoms with Gasteiger partial charge in [-0.25, -0.2) is 0 Å². The zero-order valence-electron chi connectivity index (χ0n) is 18.5. The fourth-order valence-electron chi connectivity index (χ4n) is 6.65. The summed E-state index contributed by atoms with van der Waals surface area (Å²) in [4.78, 5) is 0. The first-order chi connectivity index (χ1) is 16.8. The van der Waals surface area contributed by atoms with Crippen molar-refractivity contribution in [3.8, 4) is 0 Å². The minimum absolute atomic E-state index is 0.0235. The predicted octanol–water partition coefficient (Wildman–Crippen LogP) is 6.23. The average Bonchev–Trinajstić information content (AvgIpc) is 2.93. The van der Waals surface area contributed by atoms with E-state index in [4.69, 9.17) is 0 Å². The Morgan fingerprint density at radius 2 is 0.706 bits per heavy atom. The molecule has 0 aromatic heterocycles. The molecule has 0 unspecified atom stereocenters. The Bertz CT molecular complexity index is 1330. The summed E-state index contributed by atoms with van der Waals surface area (Å²) in [5, 5.41) is 0. The van der Waals surface area contributed by atoms with E-state index < -0.39 is 0 Å². The van der Waals surface area contributed by atoms with Gasteiger partial charge in [-0.05, 0) is 0 Å². The van der Waals surface area contributed by atoms with Gasteiger partial charge in [0, 0.05) is 0 Å². The number of rotatable bonds is 3. The summed E-state index contributed by atoms with van der Waals surface area (Å²) in [7, 11) is 0. The first-order valence-electron chi connectivity index (χ1n) is 11.9. The van der Waals surface area contributed by atoms with Crippen molar-refractivity contribution in [2.75, 3.05) is 0 Å². The van der Waals surface area contributed by atoms with E-state index in [2.05, 4.69) is 121 Å². The number of benzene rings is 4. The van der Waals surface area contributed by atoms with E-state index in [0.717, 1.165) is 0 Å². The summed E-state index contributed by atoms with van der Waals surface area (Å²) in [5.74, 6) is 0.810. The molecule has 6 aliphatic carbocycles. The van der Waals surface area contributed by atoms with Gasteiger partial charge < -0.3 is 0 Å². The molecule has 0 fully saturated rings. The van der Waals surface area contributed by atoms with Crippen LogP contribution in [0.3, 0.4) is 0 Å². The van der Waals surface area contributed by atoms with Crippen molar-refractivity contribution in [2.45, 2.75) is 20.5 Å². The van der Waals surface area contributed by atoms with Crippen LogP contribution in [0.15, 0.2) is 121 Å². The zero-order valence-corrected chi connectivity index (χ0v) is 21.9. The molecule has 4 aromatic carbocycles. The van der Waals surface area contributed by atoms with Gasteiger partial charge in [-0.1, -0.05) is 0 Å². The van der Waals surface area contributed by atoms with E-state index in [1.165, 1.54) is 22.3 Å². The summed E-state index contributed by atoms with van der Waals surface area (Å²) in [6.45, 7) is 0. The van der Waals surface area contributed by atoms with Gasteiger partial charge in [0.15, 0.2) is 0 Å². The molecule has 0 spiro atoms. The van der Waals surface area contributed by atoms with Gasteiger partial charge in [-0.15, -0.1) is 0 Å². The SMILES string of the molecule is C1=CC2([Se][Se]C34C=CC(c5ccccc53)c3ccccc34)c3ccccc3C1c1ccccc12. The van der Waals surface area contributed by atoms with E-state index in [1.54, 1.807) is 22.3 Å². The molecule has 0 heterocycles. The third-order valence-corrected chi connectivity index (χ3v) is 18.5. The Labute approximate surface area is 211 Å². The van der Waals surface area contributed by atoms with Crippen LogP contribution < -0.4 is 0 Å². The van der Waals surface area contributed by atoms with Crippen LogP contribution in [0.2, 0.25) is 0 Å². The van der Waals surface area contributed by atoms with Gasteiger partial charge in [0.25, 0.3) is 0 Å². The van der Waals surface area contributed by atoms with E-state index >= 15 is 0 Å². The molecule has 0 aliphatic heterocycles. The Morgan fingerprint density at radius 3 is 1.03 bits per heavy atom. The van der Waals surface area contributed by atoms with Gasteiger partial charge in [0.1, 0.15) is 0 Å². The molecule has 0 atom stereocenters. The molecule has 10 rings (SSSR count). The predicted molar refractivity (Wildman–Crippen MR) is 141 cm³/mol. The van der Waals surface area contributed by atoms with Crippen molar-refractivity contribution >= 4 is 26.3 Å². The fourth-order valence-corrected chi connectivity index (χ4v) is 18.1. The van der Waals surface area contributed by atoms with E-state index in [1.807, 2.05) is 0 Å². The normalized spacial score (nSPS) is 28.2. The molecule has 6 aliphatic rings.